The van der Waals surface area contributed by atoms with Crippen molar-refractivity contribution in [1.82, 2.24) is 10.6 Å². The Morgan fingerprint density at radius 1 is 0.679 bits per heavy atom. The van der Waals surface area contributed by atoms with Gasteiger partial charge in [-0.25, -0.2) is 0 Å². The third-order valence-corrected chi connectivity index (χ3v) is 4.38. The van der Waals surface area contributed by atoms with E-state index in [1.54, 1.807) is 38.5 Å². The third kappa shape index (κ3) is 6.30. The number of rotatable bonds is 11. The van der Waals surface area contributed by atoms with Crippen molar-refractivity contribution >= 4 is 11.8 Å². The Bertz CT molecular complexity index is 711. The first-order valence-electron chi connectivity index (χ1n) is 9.49. The summed E-state index contributed by atoms with van der Waals surface area (Å²) in [5.74, 6) is 0.902. The maximum atomic E-state index is 12.2. The third-order valence-electron chi connectivity index (χ3n) is 4.38. The molecule has 0 saturated carbocycles. The maximum Gasteiger partial charge on any atom is 0.255 e. The van der Waals surface area contributed by atoms with Gasteiger partial charge in [0.05, 0.1) is 25.3 Å². The number of nitrogens with one attached hydrogen (secondary N) is 2. The number of ether oxygens (including phenoxy) is 2. The van der Waals surface area contributed by atoms with Crippen LogP contribution in [0.2, 0.25) is 0 Å². The zero-order chi connectivity index (χ0) is 20.2. The van der Waals surface area contributed by atoms with E-state index in [2.05, 4.69) is 10.6 Å². The highest BCUT2D eigenvalue weighted by atomic mass is 16.5. The van der Waals surface area contributed by atoms with E-state index in [9.17, 15) is 9.59 Å². The summed E-state index contributed by atoms with van der Waals surface area (Å²) in [6.45, 7) is 1.23. The van der Waals surface area contributed by atoms with E-state index in [0.29, 0.717) is 35.7 Å². The quantitative estimate of drug-likeness (QED) is 0.582. The minimum absolute atomic E-state index is 0.124. The normalized spacial score (nSPS) is 10.2. The molecule has 2 aromatic carbocycles. The molecule has 6 nitrogen and oxygen atoms in total. The summed E-state index contributed by atoms with van der Waals surface area (Å²) in [4.78, 5) is 24.3. The molecule has 2 N–H and O–H groups in total. The second-order valence-electron chi connectivity index (χ2n) is 6.33. The van der Waals surface area contributed by atoms with Crippen molar-refractivity contribution in [3.05, 3.63) is 59.7 Å². The molecule has 6 heteroatoms. The van der Waals surface area contributed by atoms with Gasteiger partial charge >= 0.3 is 0 Å². The molecule has 0 aliphatic heterocycles. The van der Waals surface area contributed by atoms with Crippen LogP contribution in [0.25, 0.3) is 0 Å². The highest BCUT2D eigenvalue weighted by Crippen LogP contribution is 2.17. The van der Waals surface area contributed by atoms with Crippen molar-refractivity contribution in [1.29, 1.82) is 0 Å². The van der Waals surface area contributed by atoms with Crippen molar-refractivity contribution in [2.75, 3.05) is 27.3 Å². The lowest BCUT2D eigenvalue weighted by molar-refractivity contribution is 0.0940. The molecular weight excluding hydrogens is 356 g/mol. The van der Waals surface area contributed by atoms with Crippen molar-refractivity contribution in [3.8, 4) is 11.5 Å². The van der Waals surface area contributed by atoms with Crippen LogP contribution < -0.4 is 20.1 Å². The predicted octanol–water partition coefficient (Wildman–Crippen LogP) is 3.42. The van der Waals surface area contributed by atoms with Gasteiger partial charge in [0.25, 0.3) is 11.8 Å². The summed E-state index contributed by atoms with van der Waals surface area (Å²) in [5.41, 5.74) is 1.09. The molecule has 0 atom stereocenters. The summed E-state index contributed by atoms with van der Waals surface area (Å²) in [7, 11) is 3.11. The number of carbonyl (C=O) groups is 2. The summed E-state index contributed by atoms with van der Waals surface area (Å²) in [5, 5.41) is 5.83. The zero-order valence-corrected chi connectivity index (χ0v) is 16.5. The smallest absolute Gasteiger partial charge is 0.255 e. The fraction of sp³-hybridized carbons (Fsp3) is 0.364. The molecule has 0 spiro atoms. The molecule has 28 heavy (non-hydrogen) atoms. The van der Waals surface area contributed by atoms with Crippen LogP contribution >= 0.6 is 0 Å². The van der Waals surface area contributed by atoms with E-state index >= 15 is 0 Å². The van der Waals surface area contributed by atoms with Crippen LogP contribution in [0.3, 0.4) is 0 Å². The second kappa shape index (κ2) is 11.6. The number of hydrogen-bond donors (Lipinski definition) is 2. The van der Waals surface area contributed by atoms with E-state index in [-0.39, 0.29) is 11.8 Å². The lowest BCUT2D eigenvalue weighted by atomic mass is 10.1. The number of methoxy groups -OCH3 is 2. The summed E-state index contributed by atoms with van der Waals surface area (Å²) >= 11 is 0. The van der Waals surface area contributed by atoms with Crippen molar-refractivity contribution in [2.45, 2.75) is 25.7 Å². The predicted molar refractivity (Wildman–Crippen MR) is 109 cm³/mol. The Morgan fingerprint density at radius 3 is 1.46 bits per heavy atom. The highest BCUT2D eigenvalue weighted by Gasteiger charge is 2.11. The standard InChI is InChI=1S/C22H28N2O4/c1-27-19-13-7-5-11-17(19)21(25)23-15-9-3-4-10-16-24-22(26)18-12-6-8-14-20(18)28-2/h5-8,11-14H,3-4,9-10,15-16H2,1-2H3,(H,23,25)(H,24,26). The van der Waals surface area contributed by atoms with Gasteiger partial charge in [-0.05, 0) is 37.1 Å². The molecule has 2 rings (SSSR count). The average Bonchev–Trinajstić information content (AvgIpc) is 2.75. The van der Waals surface area contributed by atoms with Gasteiger partial charge in [-0.1, -0.05) is 37.1 Å². The Morgan fingerprint density at radius 2 is 1.07 bits per heavy atom. The number of hydrogen-bond acceptors (Lipinski definition) is 4. The summed E-state index contributed by atoms with van der Waals surface area (Å²) in [6, 6.07) is 14.3. The Hall–Kier alpha value is -3.02. The van der Waals surface area contributed by atoms with Crippen molar-refractivity contribution in [2.24, 2.45) is 0 Å². The Balaban J connectivity index is 1.58. The van der Waals surface area contributed by atoms with Crippen LogP contribution in [0.1, 0.15) is 46.4 Å². The van der Waals surface area contributed by atoms with Crippen LogP contribution in [0.4, 0.5) is 0 Å². The zero-order valence-electron chi connectivity index (χ0n) is 16.5. The van der Waals surface area contributed by atoms with Gasteiger partial charge in [-0.3, -0.25) is 9.59 Å². The van der Waals surface area contributed by atoms with Crippen LogP contribution in [0.15, 0.2) is 48.5 Å². The van der Waals surface area contributed by atoms with Gasteiger partial charge in [0.15, 0.2) is 0 Å². The van der Waals surface area contributed by atoms with Crippen LogP contribution in [-0.4, -0.2) is 39.1 Å². The molecule has 0 unspecified atom stereocenters. The fourth-order valence-corrected chi connectivity index (χ4v) is 2.86. The molecule has 2 amide bonds. The van der Waals surface area contributed by atoms with Crippen LogP contribution in [0.5, 0.6) is 11.5 Å². The Kier molecular flexibility index (Phi) is 8.85. The minimum Gasteiger partial charge on any atom is -0.496 e. The molecular formula is C22H28N2O4. The molecule has 0 fully saturated rings. The van der Waals surface area contributed by atoms with E-state index < -0.39 is 0 Å². The lowest BCUT2D eigenvalue weighted by Crippen LogP contribution is -2.25. The number of benzene rings is 2. The molecule has 2 aromatic rings. The lowest BCUT2D eigenvalue weighted by Gasteiger charge is -2.10. The van der Waals surface area contributed by atoms with Crippen LogP contribution in [-0.2, 0) is 0 Å². The number of para-hydroxylation sites is 2. The van der Waals surface area contributed by atoms with Gasteiger partial charge in [0, 0.05) is 13.1 Å². The monoisotopic (exact) mass is 384 g/mol. The second-order valence-corrected chi connectivity index (χ2v) is 6.33. The number of carbonyl (C=O) groups excluding carboxylic acids is 2. The first-order valence-corrected chi connectivity index (χ1v) is 9.49. The van der Waals surface area contributed by atoms with Crippen molar-refractivity contribution < 1.29 is 19.1 Å². The molecule has 0 bridgehead atoms. The van der Waals surface area contributed by atoms with Crippen molar-refractivity contribution in [3.63, 3.8) is 0 Å². The molecule has 0 saturated heterocycles. The molecule has 0 aromatic heterocycles. The first kappa shape index (κ1) is 21.3. The first-order chi connectivity index (χ1) is 13.7. The molecule has 0 radical (unpaired) electrons. The summed E-state index contributed by atoms with van der Waals surface area (Å²) in [6.07, 6.45) is 3.75. The van der Waals surface area contributed by atoms with E-state index in [4.69, 9.17) is 9.47 Å². The van der Waals surface area contributed by atoms with Gasteiger partial charge in [0.1, 0.15) is 11.5 Å². The van der Waals surface area contributed by atoms with Gasteiger partial charge in [0.2, 0.25) is 0 Å². The molecule has 0 heterocycles. The molecule has 0 aliphatic rings. The highest BCUT2D eigenvalue weighted by molar-refractivity contribution is 5.97. The van der Waals surface area contributed by atoms with Gasteiger partial charge < -0.3 is 20.1 Å². The Labute approximate surface area is 166 Å². The van der Waals surface area contributed by atoms with E-state index in [1.807, 2.05) is 24.3 Å². The number of amides is 2. The largest absolute Gasteiger partial charge is 0.496 e. The van der Waals surface area contributed by atoms with Crippen LogP contribution in [0, 0.1) is 0 Å². The van der Waals surface area contributed by atoms with E-state index in [0.717, 1.165) is 25.7 Å². The van der Waals surface area contributed by atoms with Gasteiger partial charge in [-0.2, -0.15) is 0 Å². The fourth-order valence-electron chi connectivity index (χ4n) is 2.86. The topological polar surface area (TPSA) is 76.7 Å². The maximum absolute atomic E-state index is 12.2. The summed E-state index contributed by atoms with van der Waals surface area (Å²) < 4.78 is 10.4. The SMILES string of the molecule is COc1ccccc1C(=O)NCCCCCCNC(=O)c1ccccc1OC. The van der Waals surface area contributed by atoms with E-state index in [1.165, 1.54) is 0 Å². The minimum atomic E-state index is -0.124. The molecule has 150 valence electrons. The molecule has 0 aliphatic carbocycles. The number of unbranched alkanes of at least 4 members (excludes halogenated alkanes) is 3. The van der Waals surface area contributed by atoms with Gasteiger partial charge in [-0.15, -0.1) is 0 Å². The average molecular weight is 384 g/mol.